The molecule has 0 bridgehead atoms. The smallest absolute Gasteiger partial charge is 0.316 e. The second-order valence-corrected chi connectivity index (χ2v) is 1.33. The second kappa shape index (κ2) is 8.90. The molecule has 11 heavy (non-hydrogen) atoms. The molecule has 0 aliphatic carbocycles. The van der Waals surface area contributed by atoms with Crippen molar-refractivity contribution in [2.45, 2.75) is 6.42 Å². The Morgan fingerprint density at radius 3 is 1.55 bits per heavy atom. The van der Waals surface area contributed by atoms with Gasteiger partial charge in [0.1, 0.15) is 6.42 Å². The SMILES string of the molecule is CO.COC(=O)CC(=O)OC. The summed E-state index contributed by atoms with van der Waals surface area (Å²) in [6.45, 7) is 0. The molecule has 66 valence electrons. The van der Waals surface area contributed by atoms with E-state index in [0.29, 0.717) is 0 Å². The van der Waals surface area contributed by atoms with Crippen LogP contribution in [0.1, 0.15) is 6.42 Å². The lowest BCUT2D eigenvalue weighted by molar-refractivity contribution is -0.151. The number of esters is 2. The van der Waals surface area contributed by atoms with E-state index in [2.05, 4.69) is 9.47 Å². The molecule has 0 aromatic heterocycles. The van der Waals surface area contributed by atoms with Crippen molar-refractivity contribution < 1.29 is 24.2 Å². The van der Waals surface area contributed by atoms with Crippen molar-refractivity contribution in [2.75, 3.05) is 21.3 Å². The Morgan fingerprint density at radius 1 is 1.09 bits per heavy atom. The van der Waals surface area contributed by atoms with E-state index in [1.165, 1.54) is 14.2 Å². The molecule has 0 radical (unpaired) electrons. The van der Waals surface area contributed by atoms with Crippen molar-refractivity contribution in [1.82, 2.24) is 0 Å². The zero-order chi connectivity index (χ0) is 9.28. The maximum Gasteiger partial charge on any atom is 0.316 e. The largest absolute Gasteiger partial charge is 0.469 e. The predicted octanol–water partition coefficient (Wildman–Crippen LogP) is -0.669. The van der Waals surface area contributed by atoms with Crippen LogP contribution in [0.25, 0.3) is 0 Å². The number of carbonyl (C=O) groups is 2. The number of carbonyl (C=O) groups excluding carboxylic acids is 2. The molecule has 0 atom stereocenters. The number of aliphatic hydroxyl groups excluding tert-OH is 1. The van der Waals surface area contributed by atoms with Gasteiger partial charge in [-0.2, -0.15) is 0 Å². The van der Waals surface area contributed by atoms with Gasteiger partial charge in [0.2, 0.25) is 0 Å². The Morgan fingerprint density at radius 2 is 1.36 bits per heavy atom. The van der Waals surface area contributed by atoms with Gasteiger partial charge in [-0.25, -0.2) is 0 Å². The summed E-state index contributed by atoms with van der Waals surface area (Å²) in [5.74, 6) is -1.16. The molecule has 0 saturated carbocycles. The summed E-state index contributed by atoms with van der Waals surface area (Å²) in [6, 6.07) is 0. The molecule has 0 saturated heterocycles. The van der Waals surface area contributed by atoms with E-state index < -0.39 is 11.9 Å². The van der Waals surface area contributed by atoms with Gasteiger partial charge in [-0.15, -0.1) is 0 Å². The molecule has 0 spiro atoms. The molecule has 0 heterocycles. The van der Waals surface area contributed by atoms with E-state index in [9.17, 15) is 9.59 Å². The lowest BCUT2D eigenvalue weighted by Gasteiger charge is -1.95. The fourth-order valence-corrected chi connectivity index (χ4v) is 0.262. The van der Waals surface area contributed by atoms with Crippen LogP contribution in [0.4, 0.5) is 0 Å². The standard InChI is InChI=1S/C5H8O4.CH4O/c1-8-4(6)3-5(7)9-2;1-2/h3H2,1-2H3;2H,1H3. The highest BCUT2D eigenvalue weighted by Gasteiger charge is 2.07. The van der Waals surface area contributed by atoms with Gasteiger partial charge in [-0.05, 0) is 0 Å². The summed E-state index contributed by atoms with van der Waals surface area (Å²) in [6.07, 6.45) is -0.312. The van der Waals surface area contributed by atoms with Crippen LogP contribution in [-0.2, 0) is 19.1 Å². The van der Waals surface area contributed by atoms with E-state index in [-0.39, 0.29) is 6.42 Å². The Kier molecular flexibility index (Phi) is 10.2. The fourth-order valence-electron chi connectivity index (χ4n) is 0.262. The first-order valence-corrected chi connectivity index (χ1v) is 2.79. The first-order valence-electron chi connectivity index (χ1n) is 2.79. The van der Waals surface area contributed by atoms with Gasteiger partial charge in [-0.1, -0.05) is 0 Å². The molecular weight excluding hydrogens is 152 g/mol. The number of hydrogen-bond acceptors (Lipinski definition) is 5. The monoisotopic (exact) mass is 164 g/mol. The van der Waals surface area contributed by atoms with Gasteiger partial charge in [-0.3, -0.25) is 9.59 Å². The van der Waals surface area contributed by atoms with Crippen LogP contribution >= 0.6 is 0 Å². The van der Waals surface area contributed by atoms with Gasteiger partial charge in [0.15, 0.2) is 0 Å². The normalized spacial score (nSPS) is 7.27. The van der Waals surface area contributed by atoms with Crippen LogP contribution in [0.3, 0.4) is 0 Å². The number of rotatable bonds is 2. The fraction of sp³-hybridized carbons (Fsp3) is 0.667. The summed E-state index contributed by atoms with van der Waals surface area (Å²) < 4.78 is 8.37. The van der Waals surface area contributed by atoms with Gasteiger partial charge in [0.05, 0.1) is 14.2 Å². The average molecular weight is 164 g/mol. The molecule has 0 aliphatic heterocycles. The molecular formula is C6H12O5. The molecule has 0 aromatic carbocycles. The highest BCUT2D eigenvalue weighted by molar-refractivity contribution is 5.90. The Balaban J connectivity index is 0. The maximum atomic E-state index is 10.3. The van der Waals surface area contributed by atoms with Crippen LogP contribution in [0.2, 0.25) is 0 Å². The predicted molar refractivity (Wildman–Crippen MR) is 36.8 cm³/mol. The van der Waals surface area contributed by atoms with E-state index in [0.717, 1.165) is 7.11 Å². The van der Waals surface area contributed by atoms with Gasteiger partial charge in [0.25, 0.3) is 0 Å². The number of methoxy groups -OCH3 is 2. The summed E-state index contributed by atoms with van der Waals surface area (Å²) in [5, 5.41) is 7.00. The van der Waals surface area contributed by atoms with Crippen LogP contribution in [0.15, 0.2) is 0 Å². The Hall–Kier alpha value is -1.10. The number of aliphatic hydroxyl groups is 1. The van der Waals surface area contributed by atoms with E-state index in [1.54, 1.807) is 0 Å². The highest BCUT2D eigenvalue weighted by Crippen LogP contribution is 1.85. The first kappa shape index (κ1) is 12.6. The quantitative estimate of drug-likeness (QED) is 0.433. The average Bonchev–Trinajstić information content (AvgIpc) is 2.07. The Bertz CT molecular complexity index is 106. The van der Waals surface area contributed by atoms with E-state index >= 15 is 0 Å². The summed E-state index contributed by atoms with van der Waals surface area (Å²) >= 11 is 0. The topological polar surface area (TPSA) is 72.8 Å². The molecule has 0 amide bonds. The molecule has 0 unspecified atom stereocenters. The molecule has 0 aromatic rings. The molecule has 0 aliphatic rings. The zero-order valence-electron chi connectivity index (χ0n) is 6.79. The van der Waals surface area contributed by atoms with Crippen molar-refractivity contribution in [2.24, 2.45) is 0 Å². The molecule has 5 heteroatoms. The second-order valence-electron chi connectivity index (χ2n) is 1.33. The Labute approximate surface area is 64.9 Å². The van der Waals surface area contributed by atoms with Gasteiger partial charge in [0, 0.05) is 7.11 Å². The summed E-state index contributed by atoms with van der Waals surface area (Å²) in [4.78, 5) is 20.5. The van der Waals surface area contributed by atoms with Crippen molar-refractivity contribution in [3.05, 3.63) is 0 Å². The molecule has 0 rings (SSSR count). The lowest BCUT2D eigenvalue weighted by Crippen LogP contribution is -2.09. The summed E-state index contributed by atoms with van der Waals surface area (Å²) in [7, 11) is 3.43. The van der Waals surface area contributed by atoms with Crippen LogP contribution in [0, 0.1) is 0 Å². The summed E-state index contributed by atoms with van der Waals surface area (Å²) in [5.41, 5.74) is 0. The minimum absolute atomic E-state index is 0.312. The lowest BCUT2D eigenvalue weighted by atomic mass is 10.4. The maximum absolute atomic E-state index is 10.3. The molecule has 5 nitrogen and oxygen atoms in total. The molecule has 0 fully saturated rings. The van der Waals surface area contributed by atoms with Crippen molar-refractivity contribution >= 4 is 11.9 Å². The van der Waals surface area contributed by atoms with Gasteiger partial charge < -0.3 is 14.6 Å². The van der Waals surface area contributed by atoms with Crippen LogP contribution in [-0.4, -0.2) is 38.4 Å². The van der Waals surface area contributed by atoms with Crippen LogP contribution < -0.4 is 0 Å². The van der Waals surface area contributed by atoms with E-state index in [1.807, 2.05) is 0 Å². The van der Waals surface area contributed by atoms with Gasteiger partial charge >= 0.3 is 11.9 Å². The number of hydrogen-bond donors (Lipinski definition) is 1. The van der Waals surface area contributed by atoms with Crippen molar-refractivity contribution in [3.63, 3.8) is 0 Å². The highest BCUT2D eigenvalue weighted by atomic mass is 16.5. The minimum atomic E-state index is -0.582. The number of ether oxygens (including phenoxy) is 2. The zero-order valence-corrected chi connectivity index (χ0v) is 6.79. The third kappa shape index (κ3) is 8.90. The minimum Gasteiger partial charge on any atom is -0.469 e. The third-order valence-electron chi connectivity index (χ3n) is 0.744. The van der Waals surface area contributed by atoms with Crippen molar-refractivity contribution in [1.29, 1.82) is 0 Å². The first-order chi connectivity index (χ1) is 5.20. The van der Waals surface area contributed by atoms with E-state index in [4.69, 9.17) is 5.11 Å². The van der Waals surface area contributed by atoms with Crippen molar-refractivity contribution in [3.8, 4) is 0 Å². The molecule has 1 N–H and O–H groups in total. The third-order valence-corrected chi connectivity index (χ3v) is 0.744. The van der Waals surface area contributed by atoms with Crippen LogP contribution in [0.5, 0.6) is 0 Å².